The van der Waals surface area contributed by atoms with E-state index in [-0.39, 0.29) is 0 Å². The molecule has 0 atom stereocenters. The summed E-state index contributed by atoms with van der Waals surface area (Å²) in [4.78, 5) is 2.03. The lowest BCUT2D eigenvalue weighted by molar-refractivity contribution is 0.753. The average molecular weight is 236 g/mol. The summed E-state index contributed by atoms with van der Waals surface area (Å²) in [5.74, 6) is 0. The number of para-hydroxylation sites is 1. The van der Waals surface area contributed by atoms with Gasteiger partial charge in [0, 0.05) is 19.3 Å². The number of anilines is 1. The lowest BCUT2D eigenvalue weighted by atomic mass is 10.2. The predicted octanol–water partition coefficient (Wildman–Crippen LogP) is 3.11. The summed E-state index contributed by atoms with van der Waals surface area (Å²) in [5.41, 5.74) is 2.40. The highest BCUT2D eigenvalue weighted by atomic mass is 32.1. The first kappa shape index (κ1) is 13.0. The first-order valence-electron chi connectivity index (χ1n) is 5.74. The predicted molar refractivity (Wildman–Crippen MR) is 75.1 cm³/mol. The second-order valence-corrected chi connectivity index (χ2v) is 4.32. The van der Waals surface area contributed by atoms with Gasteiger partial charge in [0.05, 0.1) is 0 Å². The van der Waals surface area contributed by atoms with Crippen LogP contribution in [0.4, 0.5) is 5.69 Å². The standard InChI is InChI=1S/C13H20N2S/c1-4-5-10-14-13(16)15(3)12-9-7-6-8-11(12)2/h6-9H,4-5,10H2,1-3H3,(H,14,16). The van der Waals surface area contributed by atoms with Crippen molar-refractivity contribution >= 4 is 23.0 Å². The molecule has 88 valence electrons. The fraction of sp³-hybridized carbons (Fsp3) is 0.462. The van der Waals surface area contributed by atoms with Crippen molar-refractivity contribution in [2.24, 2.45) is 0 Å². The Morgan fingerprint density at radius 3 is 2.69 bits per heavy atom. The van der Waals surface area contributed by atoms with Crippen molar-refractivity contribution in [1.29, 1.82) is 0 Å². The maximum Gasteiger partial charge on any atom is 0.173 e. The Kier molecular flexibility index (Phi) is 5.26. The number of rotatable bonds is 4. The van der Waals surface area contributed by atoms with Gasteiger partial charge in [-0.3, -0.25) is 0 Å². The fourth-order valence-electron chi connectivity index (χ4n) is 1.54. The molecule has 0 aliphatic rings. The van der Waals surface area contributed by atoms with Crippen LogP contribution in [0.2, 0.25) is 0 Å². The molecule has 0 heterocycles. The minimum absolute atomic E-state index is 0.794. The monoisotopic (exact) mass is 236 g/mol. The van der Waals surface area contributed by atoms with Gasteiger partial charge < -0.3 is 10.2 Å². The zero-order valence-corrected chi connectivity index (χ0v) is 11.1. The lowest BCUT2D eigenvalue weighted by Gasteiger charge is -2.22. The molecule has 1 rings (SSSR count). The molecule has 3 heteroatoms. The molecular formula is C13H20N2S. The number of nitrogens with zero attached hydrogens (tertiary/aromatic N) is 1. The number of thiocarbonyl (C=S) groups is 1. The van der Waals surface area contributed by atoms with Crippen LogP contribution in [0.3, 0.4) is 0 Å². The highest BCUT2D eigenvalue weighted by Gasteiger charge is 2.07. The molecule has 0 spiro atoms. The van der Waals surface area contributed by atoms with E-state index in [1.165, 1.54) is 12.0 Å². The van der Waals surface area contributed by atoms with Crippen LogP contribution >= 0.6 is 12.2 Å². The molecule has 0 amide bonds. The Hall–Kier alpha value is -1.09. The van der Waals surface area contributed by atoms with E-state index in [2.05, 4.69) is 31.3 Å². The summed E-state index contributed by atoms with van der Waals surface area (Å²) in [6.07, 6.45) is 2.34. The largest absolute Gasteiger partial charge is 0.362 e. The third-order valence-electron chi connectivity index (χ3n) is 2.59. The van der Waals surface area contributed by atoms with E-state index in [9.17, 15) is 0 Å². The Morgan fingerprint density at radius 2 is 2.06 bits per heavy atom. The smallest absolute Gasteiger partial charge is 0.173 e. The summed E-state index contributed by atoms with van der Waals surface area (Å²) in [7, 11) is 2.00. The molecule has 2 nitrogen and oxygen atoms in total. The fourth-order valence-corrected chi connectivity index (χ4v) is 1.74. The molecule has 0 saturated heterocycles. The summed E-state index contributed by atoms with van der Waals surface area (Å²) < 4.78 is 0. The van der Waals surface area contributed by atoms with Crippen LogP contribution in [0.5, 0.6) is 0 Å². The van der Waals surface area contributed by atoms with Crippen molar-refractivity contribution in [3.63, 3.8) is 0 Å². The van der Waals surface area contributed by atoms with Gasteiger partial charge >= 0.3 is 0 Å². The van der Waals surface area contributed by atoms with Gasteiger partial charge in [-0.05, 0) is 37.2 Å². The van der Waals surface area contributed by atoms with Crippen molar-refractivity contribution in [1.82, 2.24) is 5.32 Å². The Labute approximate surface area is 104 Å². The SMILES string of the molecule is CCCCNC(=S)N(C)c1ccccc1C. The summed E-state index contributed by atoms with van der Waals surface area (Å²) in [6, 6.07) is 8.26. The van der Waals surface area contributed by atoms with Crippen LogP contribution in [-0.4, -0.2) is 18.7 Å². The van der Waals surface area contributed by atoms with E-state index in [1.807, 2.05) is 24.1 Å². The van der Waals surface area contributed by atoms with Crippen LogP contribution in [0.1, 0.15) is 25.3 Å². The van der Waals surface area contributed by atoms with E-state index in [0.29, 0.717) is 0 Å². The molecule has 0 unspecified atom stereocenters. The first-order valence-corrected chi connectivity index (χ1v) is 6.14. The van der Waals surface area contributed by atoms with Gasteiger partial charge in [0.25, 0.3) is 0 Å². The Morgan fingerprint density at radius 1 is 1.38 bits per heavy atom. The molecule has 0 aliphatic heterocycles. The van der Waals surface area contributed by atoms with Crippen LogP contribution in [0, 0.1) is 6.92 Å². The Balaban J connectivity index is 2.60. The number of aryl methyl sites for hydroxylation is 1. The molecule has 0 fully saturated rings. The molecule has 0 bridgehead atoms. The van der Waals surface area contributed by atoms with Gasteiger partial charge in [-0.25, -0.2) is 0 Å². The second-order valence-electron chi connectivity index (χ2n) is 3.93. The molecule has 16 heavy (non-hydrogen) atoms. The molecular weight excluding hydrogens is 216 g/mol. The minimum Gasteiger partial charge on any atom is -0.362 e. The molecule has 0 aliphatic carbocycles. The third-order valence-corrected chi connectivity index (χ3v) is 3.01. The minimum atomic E-state index is 0.794. The molecule has 1 aromatic carbocycles. The van der Waals surface area contributed by atoms with Crippen LogP contribution < -0.4 is 10.2 Å². The highest BCUT2D eigenvalue weighted by Crippen LogP contribution is 2.17. The van der Waals surface area contributed by atoms with Crippen molar-refractivity contribution in [3.8, 4) is 0 Å². The molecule has 0 aromatic heterocycles. The van der Waals surface area contributed by atoms with Crippen LogP contribution in [0.15, 0.2) is 24.3 Å². The molecule has 0 radical (unpaired) electrons. The highest BCUT2D eigenvalue weighted by molar-refractivity contribution is 7.80. The first-order chi connectivity index (χ1) is 7.66. The molecule has 1 N–H and O–H groups in total. The van der Waals surface area contributed by atoms with E-state index in [1.54, 1.807) is 0 Å². The van der Waals surface area contributed by atoms with Gasteiger partial charge in [0.15, 0.2) is 5.11 Å². The van der Waals surface area contributed by atoms with Gasteiger partial charge in [0.2, 0.25) is 0 Å². The van der Waals surface area contributed by atoms with Crippen molar-refractivity contribution in [2.75, 3.05) is 18.5 Å². The lowest BCUT2D eigenvalue weighted by Crippen LogP contribution is -2.37. The number of unbranched alkanes of at least 4 members (excludes halogenated alkanes) is 1. The van der Waals surface area contributed by atoms with Crippen molar-refractivity contribution in [2.45, 2.75) is 26.7 Å². The maximum absolute atomic E-state index is 5.35. The number of hydrogen-bond acceptors (Lipinski definition) is 1. The van der Waals surface area contributed by atoms with Crippen molar-refractivity contribution in [3.05, 3.63) is 29.8 Å². The topological polar surface area (TPSA) is 15.3 Å². The van der Waals surface area contributed by atoms with Gasteiger partial charge in [-0.1, -0.05) is 31.5 Å². The van der Waals surface area contributed by atoms with Gasteiger partial charge in [0.1, 0.15) is 0 Å². The molecule has 0 saturated carbocycles. The van der Waals surface area contributed by atoms with Crippen LogP contribution in [0.25, 0.3) is 0 Å². The quantitative estimate of drug-likeness (QED) is 0.639. The molecule has 1 aromatic rings. The van der Waals surface area contributed by atoms with Gasteiger partial charge in [-0.15, -0.1) is 0 Å². The average Bonchev–Trinajstić information content (AvgIpc) is 2.29. The number of nitrogens with one attached hydrogen (secondary N) is 1. The second kappa shape index (κ2) is 6.48. The summed E-state index contributed by atoms with van der Waals surface area (Å²) >= 11 is 5.35. The van der Waals surface area contributed by atoms with Gasteiger partial charge in [-0.2, -0.15) is 0 Å². The summed E-state index contributed by atoms with van der Waals surface area (Å²) in [6.45, 7) is 5.22. The number of hydrogen-bond donors (Lipinski definition) is 1. The van der Waals surface area contributed by atoms with E-state index < -0.39 is 0 Å². The van der Waals surface area contributed by atoms with Crippen LogP contribution in [-0.2, 0) is 0 Å². The number of benzene rings is 1. The zero-order valence-electron chi connectivity index (χ0n) is 10.3. The van der Waals surface area contributed by atoms with E-state index >= 15 is 0 Å². The Bertz CT molecular complexity index is 350. The third kappa shape index (κ3) is 3.49. The summed E-state index contributed by atoms with van der Waals surface area (Å²) in [5, 5.41) is 4.06. The zero-order chi connectivity index (χ0) is 12.0. The van der Waals surface area contributed by atoms with Crippen molar-refractivity contribution < 1.29 is 0 Å². The maximum atomic E-state index is 5.35. The normalized spacial score (nSPS) is 9.94. The van der Waals surface area contributed by atoms with E-state index in [4.69, 9.17) is 12.2 Å². The van der Waals surface area contributed by atoms with E-state index in [0.717, 1.165) is 23.8 Å².